The molecule has 0 aliphatic heterocycles. The molecule has 0 aromatic heterocycles. The van der Waals surface area contributed by atoms with E-state index in [2.05, 4.69) is 27.7 Å². The van der Waals surface area contributed by atoms with Crippen molar-refractivity contribution in [2.75, 3.05) is 0 Å². The minimum atomic E-state index is -0.102. The Morgan fingerprint density at radius 2 is 1.50 bits per heavy atom. The predicted molar refractivity (Wildman–Crippen MR) is 72.7 cm³/mol. The third kappa shape index (κ3) is 9.21. The molecule has 0 aliphatic carbocycles. The van der Waals surface area contributed by atoms with Crippen molar-refractivity contribution in [3.63, 3.8) is 0 Å². The first-order valence-electron chi connectivity index (χ1n) is 7.20. The molecule has 1 atom stereocenters. The summed E-state index contributed by atoms with van der Waals surface area (Å²) in [5.41, 5.74) is 0.320. The molecule has 0 saturated carbocycles. The third-order valence-electron chi connectivity index (χ3n) is 3.47. The molecule has 1 N–H and O–H groups in total. The maximum atomic E-state index is 9.67. The zero-order valence-electron chi connectivity index (χ0n) is 11.9. The Morgan fingerprint density at radius 1 is 0.938 bits per heavy atom. The van der Waals surface area contributed by atoms with E-state index in [4.69, 9.17) is 0 Å². The van der Waals surface area contributed by atoms with Crippen LogP contribution in [0.3, 0.4) is 0 Å². The van der Waals surface area contributed by atoms with Crippen molar-refractivity contribution >= 4 is 0 Å². The van der Waals surface area contributed by atoms with E-state index in [0.717, 1.165) is 12.8 Å². The van der Waals surface area contributed by atoms with Gasteiger partial charge in [-0.1, -0.05) is 66.2 Å². The molecule has 0 saturated heterocycles. The highest BCUT2D eigenvalue weighted by molar-refractivity contribution is 4.72. The zero-order chi connectivity index (χ0) is 12.4. The number of unbranched alkanes of at least 4 members (excludes halogenated alkanes) is 5. The molecule has 98 valence electrons. The van der Waals surface area contributed by atoms with Gasteiger partial charge in [-0.3, -0.25) is 0 Å². The first kappa shape index (κ1) is 16.0. The number of hydrogen-bond donors (Lipinski definition) is 1. The average molecular weight is 228 g/mol. The van der Waals surface area contributed by atoms with Crippen LogP contribution in [0.15, 0.2) is 0 Å². The summed E-state index contributed by atoms with van der Waals surface area (Å²) in [4.78, 5) is 0. The monoisotopic (exact) mass is 228 g/mol. The van der Waals surface area contributed by atoms with E-state index >= 15 is 0 Å². The normalized spacial score (nSPS) is 14.1. The SMILES string of the molecule is CCCCCCCCC(C)(C)CC(O)CC. The number of aliphatic hydroxyl groups excluding tert-OH is 1. The van der Waals surface area contributed by atoms with Crippen LogP contribution in [0.1, 0.15) is 85.5 Å². The second-order valence-corrected chi connectivity index (χ2v) is 5.95. The molecule has 0 bridgehead atoms. The molecule has 0 heterocycles. The van der Waals surface area contributed by atoms with Gasteiger partial charge in [0.05, 0.1) is 6.10 Å². The largest absolute Gasteiger partial charge is 0.393 e. The maximum absolute atomic E-state index is 9.67. The van der Waals surface area contributed by atoms with Crippen LogP contribution in [-0.2, 0) is 0 Å². The summed E-state index contributed by atoms with van der Waals surface area (Å²) in [6.07, 6.45) is 11.2. The van der Waals surface area contributed by atoms with Gasteiger partial charge in [0.15, 0.2) is 0 Å². The highest BCUT2D eigenvalue weighted by Gasteiger charge is 2.20. The van der Waals surface area contributed by atoms with Gasteiger partial charge < -0.3 is 5.11 Å². The second-order valence-electron chi connectivity index (χ2n) is 5.95. The van der Waals surface area contributed by atoms with E-state index in [1.54, 1.807) is 0 Å². The first-order valence-corrected chi connectivity index (χ1v) is 7.20. The quantitative estimate of drug-likeness (QED) is 0.526. The van der Waals surface area contributed by atoms with Crippen LogP contribution in [0.25, 0.3) is 0 Å². The molecule has 0 radical (unpaired) electrons. The van der Waals surface area contributed by atoms with Crippen molar-refractivity contribution in [1.29, 1.82) is 0 Å². The lowest BCUT2D eigenvalue weighted by Crippen LogP contribution is -2.20. The van der Waals surface area contributed by atoms with Crippen LogP contribution >= 0.6 is 0 Å². The Kier molecular flexibility index (Phi) is 9.02. The van der Waals surface area contributed by atoms with E-state index in [-0.39, 0.29) is 6.10 Å². The average Bonchev–Trinajstić information content (AvgIpc) is 2.22. The summed E-state index contributed by atoms with van der Waals surface area (Å²) in [6, 6.07) is 0. The lowest BCUT2D eigenvalue weighted by atomic mass is 9.81. The maximum Gasteiger partial charge on any atom is 0.0542 e. The smallest absolute Gasteiger partial charge is 0.0542 e. The molecule has 1 nitrogen and oxygen atoms in total. The van der Waals surface area contributed by atoms with Gasteiger partial charge in [0.1, 0.15) is 0 Å². The Labute approximate surface area is 103 Å². The molecule has 0 fully saturated rings. The van der Waals surface area contributed by atoms with Gasteiger partial charge in [0.25, 0.3) is 0 Å². The second kappa shape index (κ2) is 9.04. The molecule has 0 aliphatic rings. The molecule has 1 heteroatoms. The van der Waals surface area contributed by atoms with E-state index in [9.17, 15) is 5.11 Å². The molecule has 1 unspecified atom stereocenters. The van der Waals surface area contributed by atoms with Gasteiger partial charge in [-0.2, -0.15) is 0 Å². The van der Waals surface area contributed by atoms with Crippen molar-refractivity contribution < 1.29 is 5.11 Å². The third-order valence-corrected chi connectivity index (χ3v) is 3.47. The molecule has 0 aromatic carbocycles. The summed E-state index contributed by atoms with van der Waals surface area (Å²) in [5.74, 6) is 0. The van der Waals surface area contributed by atoms with Crippen molar-refractivity contribution in [1.82, 2.24) is 0 Å². The van der Waals surface area contributed by atoms with Gasteiger partial charge in [-0.05, 0) is 24.7 Å². The molecule has 0 aromatic rings. The highest BCUT2D eigenvalue weighted by atomic mass is 16.3. The Balaban J connectivity index is 3.50. The number of hydrogen-bond acceptors (Lipinski definition) is 1. The van der Waals surface area contributed by atoms with Crippen molar-refractivity contribution in [3.05, 3.63) is 0 Å². The van der Waals surface area contributed by atoms with Crippen LogP contribution in [0.4, 0.5) is 0 Å². The number of rotatable bonds is 10. The zero-order valence-corrected chi connectivity index (χ0v) is 11.9. The van der Waals surface area contributed by atoms with Crippen molar-refractivity contribution in [3.8, 4) is 0 Å². The van der Waals surface area contributed by atoms with E-state index < -0.39 is 0 Å². The topological polar surface area (TPSA) is 20.2 Å². The summed E-state index contributed by atoms with van der Waals surface area (Å²) < 4.78 is 0. The Morgan fingerprint density at radius 3 is 2.06 bits per heavy atom. The lowest BCUT2D eigenvalue weighted by molar-refractivity contribution is 0.104. The van der Waals surface area contributed by atoms with Crippen LogP contribution in [0.2, 0.25) is 0 Å². The van der Waals surface area contributed by atoms with Crippen LogP contribution in [-0.4, -0.2) is 11.2 Å². The van der Waals surface area contributed by atoms with E-state index in [1.165, 1.54) is 44.9 Å². The molecular formula is C15H32O. The van der Waals surface area contributed by atoms with E-state index in [0.29, 0.717) is 5.41 Å². The summed E-state index contributed by atoms with van der Waals surface area (Å²) in [5, 5.41) is 9.67. The van der Waals surface area contributed by atoms with Crippen molar-refractivity contribution in [2.24, 2.45) is 5.41 Å². The fourth-order valence-electron chi connectivity index (χ4n) is 2.27. The molecule has 16 heavy (non-hydrogen) atoms. The summed E-state index contributed by atoms with van der Waals surface area (Å²) >= 11 is 0. The number of aliphatic hydroxyl groups is 1. The fourth-order valence-corrected chi connectivity index (χ4v) is 2.27. The Bertz CT molecular complexity index is 152. The molecular weight excluding hydrogens is 196 g/mol. The van der Waals surface area contributed by atoms with Gasteiger partial charge in [-0.15, -0.1) is 0 Å². The molecule has 0 spiro atoms. The van der Waals surface area contributed by atoms with Gasteiger partial charge >= 0.3 is 0 Å². The highest BCUT2D eigenvalue weighted by Crippen LogP contribution is 2.30. The van der Waals surface area contributed by atoms with E-state index in [1.807, 2.05) is 0 Å². The lowest BCUT2D eigenvalue weighted by Gasteiger charge is -2.27. The minimum Gasteiger partial charge on any atom is -0.393 e. The summed E-state index contributed by atoms with van der Waals surface area (Å²) in [7, 11) is 0. The standard InChI is InChI=1S/C15H32O/c1-5-7-8-9-10-11-12-15(3,4)13-14(16)6-2/h14,16H,5-13H2,1-4H3. The van der Waals surface area contributed by atoms with Gasteiger partial charge in [-0.25, -0.2) is 0 Å². The van der Waals surface area contributed by atoms with Gasteiger partial charge in [0.2, 0.25) is 0 Å². The summed E-state index contributed by atoms with van der Waals surface area (Å²) in [6.45, 7) is 8.90. The van der Waals surface area contributed by atoms with Gasteiger partial charge in [0, 0.05) is 0 Å². The molecule has 0 rings (SSSR count). The van der Waals surface area contributed by atoms with Crippen LogP contribution in [0, 0.1) is 5.41 Å². The van der Waals surface area contributed by atoms with Crippen molar-refractivity contribution in [2.45, 2.75) is 91.6 Å². The van der Waals surface area contributed by atoms with Crippen LogP contribution in [0.5, 0.6) is 0 Å². The predicted octanol–water partition coefficient (Wildman–Crippen LogP) is 4.92. The first-order chi connectivity index (χ1) is 7.52. The Hall–Kier alpha value is -0.0400. The van der Waals surface area contributed by atoms with Crippen LogP contribution < -0.4 is 0 Å². The minimum absolute atomic E-state index is 0.102. The fraction of sp³-hybridized carbons (Fsp3) is 1.00. The molecule has 0 amide bonds.